The zero-order valence-corrected chi connectivity index (χ0v) is 14.1. The summed E-state index contributed by atoms with van der Waals surface area (Å²) < 4.78 is 0. The zero-order chi connectivity index (χ0) is 15.8. The summed E-state index contributed by atoms with van der Waals surface area (Å²) in [6, 6.07) is 6.46. The van der Waals surface area contributed by atoms with Gasteiger partial charge in [0.05, 0.1) is 6.54 Å². The number of guanidine groups is 1. The van der Waals surface area contributed by atoms with E-state index in [-0.39, 0.29) is 0 Å². The minimum absolute atomic E-state index is 0.534. The lowest BCUT2D eigenvalue weighted by atomic mass is 9.90. The maximum absolute atomic E-state index is 6.06. The maximum Gasteiger partial charge on any atom is 0.193 e. The van der Waals surface area contributed by atoms with E-state index >= 15 is 0 Å². The average Bonchev–Trinajstić information content (AvgIpc) is 2.54. The molecule has 4 heteroatoms. The Balaban J connectivity index is 1.91. The number of anilines is 1. The molecule has 0 aromatic heterocycles. The topological polar surface area (TPSA) is 53.6 Å². The third-order valence-corrected chi connectivity index (χ3v) is 4.34. The number of rotatable bonds is 7. The highest BCUT2D eigenvalue weighted by atomic mass is 15.1. The Morgan fingerprint density at radius 1 is 1.23 bits per heavy atom. The lowest BCUT2D eigenvalue weighted by molar-refractivity contribution is 0.297. The number of aliphatic imine (C=N–C) groups is 1. The molecule has 0 unspecified atom stereocenters. The highest BCUT2D eigenvalue weighted by Crippen LogP contribution is 2.27. The molecule has 0 amide bonds. The van der Waals surface area contributed by atoms with E-state index < -0.39 is 0 Å². The van der Waals surface area contributed by atoms with Gasteiger partial charge in [-0.15, -0.1) is 0 Å². The highest BCUT2D eigenvalue weighted by Gasteiger charge is 2.13. The van der Waals surface area contributed by atoms with Crippen LogP contribution in [0.3, 0.4) is 0 Å². The number of likely N-dealkylation sites (N-methyl/N-ethyl adjacent to an activating group) is 1. The van der Waals surface area contributed by atoms with Gasteiger partial charge in [0.25, 0.3) is 0 Å². The molecular formula is C18H30N4. The van der Waals surface area contributed by atoms with Crippen molar-refractivity contribution in [2.75, 3.05) is 31.5 Å². The highest BCUT2D eigenvalue weighted by molar-refractivity contribution is 5.93. The average molecular weight is 302 g/mol. The minimum Gasteiger partial charge on any atom is -0.370 e. The van der Waals surface area contributed by atoms with Gasteiger partial charge in [-0.05, 0) is 62.4 Å². The van der Waals surface area contributed by atoms with Crippen molar-refractivity contribution in [3.8, 4) is 0 Å². The normalized spacial score (nSPS) is 15.0. The Morgan fingerprint density at radius 2 is 2.05 bits per heavy atom. The Hall–Kier alpha value is -1.55. The predicted molar refractivity (Wildman–Crippen MR) is 95.6 cm³/mol. The van der Waals surface area contributed by atoms with E-state index in [0.717, 1.165) is 38.3 Å². The Morgan fingerprint density at radius 3 is 2.82 bits per heavy atom. The van der Waals surface area contributed by atoms with Crippen molar-refractivity contribution in [3.63, 3.8) is 0 Å². The van der Waals surface area contributed by atoms with Gasteiger partial charge in [-0.2, -0.15) is 0 Å². The summed E-state index contributed by atoms with van der Waals surface area (Å²) in [5, 5.41) is 3.30. The van der Waals surface area contributed by atoms with E-state index in [1.54, 1.807) is 0 Å². The van der Waals surface area contributed by atoms with E-state index in [4.69, 9.17) is 5.73 Å². The molecule has 0 saturated heterocycles. The number of fused-ring (bicyclic) bond motifs is 1. The van der Waals surface area contributed by atoms with Crippen molar-refractivity contribution in [2.24, 2.45) is 10.7 Å². The van der Waals surface area contributed by atoms with Crippen LogP contribution in [-0.2, 0) is 12.8 Å². The first-order valence-corrected chi connectivity index (χ1v) is 8.64. The molecule has 1 aliphatic carbocycles. The summed E-state index contributed by atoms with van der Waals surface area (Å²) in [6.45, 7) is 8.33. The Labute approximate surface area is 134 Å². The molecule has 1 aromatic carbocycles. The summed E-state index contributed by atoms with van der Waals surface area (Å²) in [4.78, 5) is 6.88. The summed E-state index contributed by atoms with van der Waals surface area (Å²) in [7, 11) is 0. The van der Waals surface area contributed by atoms with Crippen molar-refractivity contribution < 1.29 is 0 Å². The SMILES string of the molecule is CCCN(CC)CCN=C(N)Nc1cccc2c1CCCC2. The molecule has 0 aliphatic heterocycles. The molecule has 0 fully saturated rings. The molecule has 1 aliphatic rings. The first-order chi connectivity index (χ1) is 10.7. The standard InChI is InChI=1S/C18H30N4/c1-3-13-22(4-2)14-12-20-18(19)21-17-11-7-9-15-8-5-6-10-16(15)17/h7,9,11H,3-6,8,10,12-14H2,1-2H3,(H3,19,20,21). The number of nitrogens with one attached hydrogen (secondary N) is 1. The quantitative estimate of drug-likeness (QED) is 0.601. The van der Waals surface area contributed by atoms with Crippen molar-refractivity contribution in [2.45, 2.75) is 46.0 Å². The number of aryl methyl sites for hydroxylation is 1. The van der Waals surface area contributed by atoms with Gasteiger partial charge >= 0.3 is 0 Å². The van der Waals surface area contributed by atoms with Crippen molar-refractivity contribution in [1.29, 1.82) is 0 Å². The molecule has 0 saturated carbocycles. The van der Waals surface area contributed by atoms with Crippen LogP contribution in [0.5, 0.6) is 0 Å². The van der Waals surface area contributed by atoms with Gasteiger partial charge in [-0.1, -0.05) is 26.0 Å². The molecule has 0 spiro atoms. The molecule has 0 radical (unpaired) electrons. The summed E-state index contributed by atoms with van der Waals surface area (Å²) >= 11 is 0. The monoisotopic (exact) mass is 302 g/mol. The van der Waals surface area contributed by atoms with Crippen LogP contribution in [0.15, 0.2) is 23.2 Å². The zero-order valence-electron chi connectivity index (χ0n) is 14.1. The van der Waals surface area contributed by atoms with Gasteiger partial charge in [-0.3, -0.25) is 4.99 Å². The Kier molecular flexibility index (Phi) is 6.72. The third-order valence-electron chi connectivity index (χ3n) is 4.34. The number of hydrogen-bond donors (Lipinski definition) is 2. The number of nitrogens with two attached hydrogens (primary N) is 1. The molecule has 0 atom stereocenters. The van der Waals surface area contributed by atoms with Crippen LogP contribution in [0.4, 0.5) is 5.69 Å². The second-order valence-corrected chi connectivity index (χ2v) is 5.98. The van der Waals surface area contributed by atoms with Crippen LogP contribution in [0.25, 0.3) is 0 Å². The first-order valence-electron chi connectivity index (χ1n) is 8.64. The number of hydrogen-bond acceptors (Lipinski definition) is 2. The van der Waals surface area contributed by atoms with Gasteiger partial charge in [0.15, 0.2) is 5.96 Å². The summed E-state index contributed by atoms with van der Waals surface area (Å²) in [5.41, 5.74) is 10.1. The number of benzene rings is 1. The molecule has 0 heterocycles. The molecule has 1 aromatic rings. The van der Waals surface area contributed by atoms with Crippen LogP contribution in [-0.4, -0.2) is 37.0 Å². The molecule has 2 rings (SSSR count). The molecule has 0 bridgehead atoms. The lowest BCUT2D eigenvalue weighted by Gasteiger charge is -2.20. The fourth-order valence-corrected chi connectivity index (χ4v) is 3.13. The summed E-state index contributed by atoms with van der Waals surface area (Å²) in [6.07, 6.45) is 6.08. The van der Waals surface area contributed by atoms with Crippen LogP contribution in [0.1, 0.15) is 44.2 Å². The molecule has 4 nitrogen and oxygen atoms in total. The molecule has 22 heavy (non-hydrogen) atoms. The fourth-order valence-electron chi connectivity index (χ4n) is 3.13. The van der Waals surface area contributed by atoms with Gasteiger partial charge in [0.1, 0.15) is 0 Å². The van der Waals surface area contributed by atoms with E-state index in [1.165, 1.54) is 36.8 Å². The van der Waals surface area contributed by atoms with Crippen LogP contribution in [0, 0.1) is 0 Å². The second-order valence-electron chi connectivity index (χ2n) is 5.98. The van der Waals surface area contributed by atoms with Crippen LogP contribution >= 0.6 is 0 Å². The third kappa shape index (κ3) is 4.73. The summed E-state index contributed by atoms with van der Waals surface area (Å²) in [5.74, 6) is 0.534. The van der Waals surface area contributed by atoms with Gasteiger partial charge in [0, 0.05) is 12.2 Å². The van der Waals surface area contributed by atoms with Gasteiger partial charge in [-0.25, -0.2) is 0 Å². The smallest absolute Gasteiger partial charge is 0.193 e. The minimum atomic E-state index is 0.534. The second kappa shape index (κ2) is 8.79. The Bertz CT molecular complexity index is 496. The maximum atomic E-state index is 6.06. The van der Waals surface area contributed by atoms with E-state index in [2.05, 4.69) is 47.3 Å². The van der Waals surface area contributed by atoms with Crippen LogP contribution < -0.4 is 11.1 Å². The van der Waals surface area contributed by atoms with Gasteiger partial charge < -0.3 is 16.0 Å². The predicted octanol–water partition coefficient (Wildman–Crippen LogP) is 3.02. The molecule has 122 valence electrons. The molecule has 3 N–H and O–H groups in total. The van der Waals surface area contributed by atoms with Crippen molar-refractivity contribution in [1.82, 2.24) is 4.90 Å². The lowest BCUT2D eigenvalue weighted by Crippen LogP contribution is -2.29. The molecular weight excluding hydrogens is 272 g/mol. The first kappa shape index (κ1) is 16.8. The fraction of sp³-hybridized carbons (Fsp3) is 0.611. The van der Waals surface area contributed by atoms with E-state index in [1.807, 2.05) is 0 Å². The van der Waals surface area contributed by atoms with Crippen molar-refractivity contribution >= 4 is 11.6 Å². The largest absolute Gasteiger partial charge is 0.370 e. The van der Waals surface area contributed by atoms with E-state index in [9.17, 15) is 0 Å². The van der Waals surface area contributed by atoms with Crippen LogP contribution in [0.2, 0.25) is 0 Å². The van der Waals surface area contributed by atoms with Crippen molar-refractivity contribution in [3.05, 3.63) is 29.3 Å². The number of nitrogens with zero attached hydrogens (tertiary/aromatic N) is 2. The van der Waals surface area contributed by atoms with E-state index in [0.29, 0.717) is 5.96 Å². The van der Waals surface area contributed by atoms with Gasteiger partial charge in [0.2, 0.25) is 0 Å².